The maximum atomic E-state index is 8.64. The molecule has 12 heterocycles. The number of halogens is 4. The van der Waals surface area contributed by atoms with E-state index in [9.17, 15) is 0 Å². The number of anilines is 4. The van der Waals surface area contributed by atoms with Crippen molar-refractivity contribution in [2.24, 2.45) is 22.9 Å². The topological polar surface area (TPSA) is 509 Å². The Kier molecular flexibility index (Phi) is 53.1. The molecule has 15 N–H and O–H groups in total. The number of pyridine rings is 6. The molecule has 0 spiro atoms. The Morgan fingerprint density at radius 1 is 0.463 bits per heavy atom. The number of hydrogen-bond donors (Lipinski definition) is 11. The van der Waals surface area contributed by atoms with E-state index in [-0.39, 0.29) is 132 Å². The van der Waals surface area contributed by atoms with Crippen LogP contribution in [0.2, 0.25) is 10.6 Å². The van der Waals surface area contributed by atoms with Crippen LogP contribution in [0.5, 0.6) is 0 Å². The summed E-state index contributed by atoms with van der Waals surface area (Å²) < 4.78 is 5.75. The molecule has 12 aromatic heterocycles. The van der Waals surface area contributed by atoms with Crippen molar-refractivity contribution >= 4 is 189 Å². The van der Waals surface area contributed by atoms with Crippen molar-refractivity contribution in [3.05, 3.63) is 360 Å². The van der Waals surface area contributed by atoms with Crippen LogP contribution in [0.15, 0.2) is 315 Å². The minimum atomic E-state index is -1.34. The van der Waals surface area contributed by atoms with Crippen LogP contribution >= 0.6 is 61.7 Å². The van der Waals surface area contributed by atoms with E-state index >= 15 is 0 Å². The second-order valence-electron chi connectivity index (χ2n) is 34.2. The van der Waals surface area contributed by atoms with Crippen LogP contribution in [0.25, 0.3) is 89.1 Å². The fourth-order valence-corrected chi connectivity index (χ4v) is 15.2. The van der Waals surface area contributed by atoms with E-state index in [1.807, 2.05) is 193 Å². The minimum Gasteiger partial charge on any atom is -0.662 e. The molecule has 0 saturated heterocycles. The first kappa shape index (κ1) is 121. The Bertz CT molecular complexity index is 7020. The van der Waals surface area contributed by atoms with Gasteiger partial charge in [0.05, 0.1) is 61.4 Å². The van der Waals surface area contributed by atoms with Crippen LogP contribution in [0.1, 0.15) is 139 Å². The molecule has 0 bridgehead atoms. The van der Waals surface area contributed by atoms with Crippen molar-refractivity contribution < 1.29 is 76.4 Å². The third-order valence-corrected chi connectivity index (χ3v) is 23.1. The van der Waals surface area contributed by atoms with Gasteiger partial charge in [-0.05, 0) is 200 Å². The van der Waals surface area contributed by atoms with Crippen molar-refractivity contribution in [1.82, 2.24) is 88.9 Å². The Hall–Kier alpha value is -11.6. The number of nitrogens with one attached hydrogen (secondary N) is 5. The molecule has 1 radical (unpaired) electrons. The maximum Gasteiger partial charge on any atom is 1.00 e. The molecular formula is C109H116BBrCl2IK2N28O5. The van der Waals surface area contributed by atoms with E-state index in [1.165, 1.54) is 5.56 Å². The third-order valence-electron chi connectivity index (χ3n) is 22.3. The molecule has 0 amide bonds. The van der Waals surface area contributed by atoms with Crippen LogP contribution in [0.4, 0.5) is 23.4 Å². The van der Waals surface area contributed by atoms with Gasteiger partial charge >= 0.3 is 58.5 Å². The predicted octanol–water partition coefficient (Wildman–Crippen LogP) is 16.2. The average molecular weight is 2270 g/mol. The summed E-state index contributed by atoms with van der Waals surface area (Å²) in [5.74, 6) is 2.56. The largest absolute Gasteiger partial charge is 1.00 e. The molecule has 6 aromatic carbocycles. The molecule has 0 atom stereocenters. The van der Waals surface area contributed by atoms with Crippen LogP contribution in [0, 0.1) is 22.7 Å². The van der Waals surface area contributed by atoms with Gasteiger partial charge in [-0.2, -0.15) is 40.4 Å². The molecule has 2 aliphatic carbocycles. The molecule has 2 saturated carbocycles. The smallest absolute Gasteiger partial charge is 0.662 e. The number of alkyl halides is 1. The van der Waals surface area contributed by atoms with E-state index in [0.29, 0.717) is 102 Å². The second kappa shape index (κ2) is 65.5. The van der Waals surface area contributed by atoms with Gasteiger partial charge in [0, 0.05) is 168 Å². The standard InChI is InChI=1S/C26H32N8.C20H19ClN6.C17H13ClN6.C12H12N2.C12H8N2.C6H7BO2.C6H3BrN2.C6H14N2.C3H7I.CH2O3.2K/c1-17(2)34-16-30-23-24(32-26(33-25(23)34)31-21-12-9-20(27)10-13-21)29-15-22-11-8-19(14-28-22)18-6-4-3-5-7-18;1-13(2)27-12-24-17-18(25-20(21)26-19(17)27)23-11-16-9-8-15(10-22-16)14-6-4-3-5-7-14;18-17-23-15(14-16(24-17)22-10-21-14)20-9-13-7-6-12(8-19-13)11-4-2-1-3-5-11;2*13-8-12-7-6-11(9-14-12)10-4-2-1-3-5-10;8-7(9)6-4-2-1-3-5-6;7-5-1-2-6(3-8)9-4-5;7-5-1-2-6(8)4-3-5;1-3(2)4;2-1-4-3;;/h3-8,11,14,16-17,20-21H,9-10,12-13,15,27H2,1-2H3,(H2,29,31,32,33);3-10,12-13H,11H2,1-2H3,(H,23,25,26);1-8,10H,9H2,(H2,20,21,22,23,24);1-7,9H,8,13H2;1-7,9H;1-5,8-9H;1-2,4H;5-6H,1-4,7-8H2;3H,1-2H3;1,3H;;/q;;;;;;;;;;;+1/p-1. The number of imidazole rings is 3. The first-order chi connectivity index (χ1) is 71.3. The minimum absolute atomic E-state index is 0. The van der Waals surface area contributed by atoms with Gasteiger partial charge in [-0.25, -0.2) is 24.9 Å². The summed E-state index contributed by atoms with van der Waals surface area (Å²) in [4.78, 5) is 79.6. The van der Waals surface area contributed by atoms with Crippen LogP contribution in [-0.4, -0.2) is 192 Å². The van der Waals surface area contributed by atoms with Crippen LogP contribution in [-0.2, 0) is 35.9 Å². The van der Waals surface area contributed by atoms with E-state index in [4.69, 9.17) is 86.7 Å². The fourth-order valence-electron chi connectivity index (χ4n) is 14.6. The Morgan fingerprint density at radius 3 is 1.13 bits per heavy atom. The first-order valence-corrected chi connectivity index (χ1v) is 50.3. The van der Waals surface area contributed by atoms with E-state index < -0.39 is 7.12 Å². The number of carbonyl (C=O) groups is 1. The number of hydrogen-bond acceptors (Lipinski definition) is 30. The average Bonchev–Trinajstić information content (AvgIpc) is 1.64. The zero-order valence-corrected chi connectivity index (χ0v) is 95.6. The van der Waals surface area contributed by atoms with Crippen LogP contribution in [0.3, 0.4) is 0 Å². The van der Waals surface area contributed by atoms with Gasteiger partial charge in [-0.3, -0.25) is 24.7 Å². The number of aromatic nitrogens is 18. The first-order valence-electron chi connectivity index (χ1n) is 47.5. The second-order valence-corrected chi connectivity index (χ2v) is 38.3. The van der Waals surface area contributed by atoms with Gasteiger partial charge in [0.2, 0.25) is 16.5 Å². The number of benzene rings is 6. The molecule has 0 aliphatic heterocycles. The molecule has 40 heteroatoms. The summed E-state index contributed by atoms with van der Waals surface area (Å²) in [5.41, 5.74) is 43.4. The molecular weight excluding hydrogens is 2150 g/mol. The van der Waals surface area contributed by atoms with Gasteiger partial charge < -0.3 is 78.5 Å². The quantitative estimate of drug-likeness (QED) is 0.00605. The monoisotopic (exact) mass is 2260 g/mol. The Balaban J connectivity index is 0.000000195. The molecule has 2 fully saturated rings. The van der Waals surface area contributed by atoms with Crippen molar-refractivity contribution in [1.29, 1.82) is 10.5 Å². The number of rotatable bonds is 21. The maximum absolute atomic E-state index is 8.64. The van der Waals surface area contributed by atoms with E-state index in [1.54, 1.807) is 67.5 Å². The summed E-state index contributed by atoms with van der Waals surface area (Å²) in [6, 6.07) is 88.7. The van der Waals surface area contributed by atoms with Gasteiger partial charge in [-0.15, -0.1) is 0 Å². The Labute approximate surface area is 984 Å². The van der Waals surface area contributed by atoms with Gasteiger partial charge in [0.25, 0.3) is 6.47 Å². The third kappa shape index (κ3) is 40.6. The van der Waals surface area contributed by atoms with Crippen molar-refractivity contribution in [2.45, 2.75) is 159 Å². The molecule has 149 heavy (non-hydrogen) atoms. The molecule has 755 valence electrons. The summed E-state index contributed by atoms with van der Waals surface area (Å²) in [7, 11) is -1.34. The molecule has 0 unspecified atom stereocenters. The zero-order valence-electron chi connectivity index (χ0n) is 84.1. The van der Waals surface area contributed by atoms with Gasteiger partial charge in [-0.1, -0.05) is 243 Å². The van der Waals surface area contributed by atoms with Crippen molar-refractivity contribution in [3.63, 3.8) is 0 Å². The summed E-state index contributed by atoms with van der Waals surface area (Å²) in [6.07, 6.45) is 24.6. The molecule has 33 nitrogen and oxygen atoms in total. The Morgan fingerprint density at radius 2 is 0.799 bits per heavy atom. The number of nitriles is 2. The van der Waals surface area contributed by atoms with E-state index in [0.717, 1.165) is 155 Å². The van der Waals surface area contributed by atoms with Crippen molar-refractivity contribution in [2.75, 3.05) is 21.3 Å². The number of carbonyl (C=O) groups excluding carboxylic acids is 1. The van der Waals surface area contributed by atoms with Crippen molar-refractivity contribution in [3.8, 4) is 67.8 Å². The predicted molar refractivity (Wildman–Crippen MR) is 599 cm³/mol. The zero-order chi connectivity index (χ0) is 105. The summed E-state index contributed by atoms with van der Waals surface area (Å²) in [6.45, 7) is 14.6. The number of nitrogens with zero attached hydrogens (tertiary/aromatic N) is 19. The fraction of sp³-hybridized carbons (Fsp3) is 0.229. The number of aromatic amines is 1. The normalized spacial score (nSPS) is 13.4. The SMILES string of the molecule is CC(C)I.CC(C)n1cnc2c(NCc3ccc(-c4ccccc4)cn3)nc(Cl)nc21.CC(C)n1cnc2c(NCc3ccc(-c4ccccc4)cn3)nc(NC3CCC(N)CC3)nc21.Clc1nc(NCc2ccc(-c3ccccc3)cn2)c2[nH]cnc2n1.N#Cc1ccc(-c2ccccc2)cn1.N#Cc1ccc(Br)cn1.NC1CCC(N)CC1.NCc1ccc(-c2ccccc2)cn1.O=CO[O-].OB(O)c1ccccc1.[K+].[K]. The van der Waals surface area contributed by atoms with Gasteiger partial charge in [0.15, 0.2) is 45.4 Å². The number of fused-ring (bicyclic) bond motifs is 3. The number of H-pyrrole nitrogens is 1. The molecule has 20 rings (SSSR count). The van der Waals surface area contributed by atoms with Gasteiger partial charge in [0.1, 0.15) is 29.0 Å². The molecule has 2 aliphatic rings. The van der Waals surface area contributed by atoms with Crippen LogP contribution < -0.4 is 106 Å². The summed E-state index contributed by atoms with van der Waals surface area (Å²) >= 11 is 17.6. The molecule has 18 aromatic rings. The number of nitrogens with two attached hydrogens (primary N) is 4. The summed E-state index contributed by atoms with van der Waals surface area (Å²) in [5, 5.41) is 56.3. The van der Waals surface area contributed by atoms with E-state index in [2.05, 4.69) is 247 Å².